The first kappa shape index (κ1) is 23.7. The van der Waals surface area contributed by atoms with E-state index in [-0.39, 0.29) is 33.4 Å². The lowest BCUT2D eigenvalue weighted by atomic mass is 10.0. The number of nitrogens with one attached hydrogen (secondary N) is 1. The topological polar surface area (TPSA) is 133 Å². The van der Waals surface area contributed by atoms with Crippen molar-refractivity contribution in [3.05, 3.63) is 69.8 Å². The molecule has 0 bridgehead atoms. The number of nitrogens with zero attached hydrogens (tertiary/aromatic N) is 4. The zero-order valence-corrected chi connectivity index (χ0v) is 21.4. The minimum atomic E-state index is -3.96. The quantitative estimate of drug-likeness (QED) is 0.245. The van der Waals surface area contributed by atoms with Gasteiger partial charge in [0.15, 0.2) is 5.78 Å². The third kappa shape index (κ3) is 4.51. The molecule has 1 saturated carbocycles. The first-order valence-corrected chi connectivity index (χ1v) is 13.5. The van der Waals surface area contributed by atoms with E-state index >= 15 is 0 Å². The van der Waals surface area contributed by atoms with Crippen LogP contribution in [0, 0.1) is 0 Å². The average molecular weight is 576 g/mol. The Kier molecular flexibility index (Phi) is 6.24. The third-order valence-electron chi connectivity index (χ3n) is 6.06. The summed E-state index contributed by atoms with van der Waals surface area (Å²) >= 11 is 9.05. The van der Waals surface area contributed by atoms with Crippen LogP contribution in [0.15, 0.2) is 58.4 Å². The number of ketones is 1. The van der Waals surface area contributed by atoms with Gasteiger partial charge in [-0.1, -0.05) is 36.6 Å². The van der Waals surface area contributed by atoms with E-state index < -0.39 is 10.0 Å². The summed E-state index contributed by atoms with van der Waals surface area (Å²) in [6, 6.07) is 7.88. The normalized spacial score (nSPS) is 14.5. The van der Waals surface area contributed by atoms with Gasteiger partial charge in [-0.3, -0.25) is 9.52 Å². The Morgan fingerprint density at radius 3 is 2.69 bits per heavy atom. The Balaban J connectivity index is 1.50. The monoisotopic (exact) mass is 574 g/mol. The smallest absolute Gasteiger partial charge is 0.263 e. The summed E-state index contributed by atoms with van der Waals surface area (Å²) in [6.45, 7) is 0. The van der Waals surface area contributed by atoms with Crippen LogP contribution in [0.3, 0.4) is 0 Å². The molecule has 35 heavy (non-hydrogen) atoms. The van der Waals surface area contributed by atoms with Crippen molar-refractivity contribution in [2.24, 2.45) is 0 Å². The van der Waals surface area contributed by atoms with Crippen LogP contribution in [-0.4, -0.2) is 33.7 Å². The van der Waals surface area contributed by atoms with E-state index in [1.165, 1.54) is 18.5 Å². The van der Waals surface area contributed by atoms with Crippen LogP contribution in [0.25, 0.3) is 11.0 Å². The number of nitrogen functional groups attached to an aromatic ring is 1. The largest absolute Gasteiger partial charge is 0.383 e. The van der Waals surface area contributed by atoms with Crippen molar-refractivity contribution in [1.29, 1.82) is 0 Å². The molecule has 4 aromatic rings. The number of rotatable bonds is 6. The summed E-state index contributed by atoms with van der Waals surface area (Å²) in [7, 11) is -3.96. The molecule has 0 unspecified atom stereocenters. The SMILES string of the molecule is Nc1ncnc2c1c(C(=O)c1cccc(NS(=O)(=O)c3cnc(Cl)c(Br)c3)c1)cn2C1CCCC1. The second kappa shape index (κ2) is 9.21. The molecule has 0 atom stereocenters. The van der Waals surface area contributed by atoms with Gasteiger partial charge in [0.2, 0.25) is 0 Å². The minimum Gasteiger partial charge on any atom is -0.383 e. The van der Waals surface area contributed by atoms with Gasteiger partial charge in [-0.2, -0.15) is 0 Å². The number of carbonyl (C=O) groups excluding carboxylic acids is 1. The number of aromatic nitrogens is 4. The molecule has 1 aromatic carbocycles. The predicted octanol–water partition coefficient (Wildman–Crippen LogP) is 4.97. The Morgan fingerprint density at radius 1 is 1.17 bits per heavy atom. The molecule has 0 spiro atoms. The molecular weight excluding hydrogens is 556 g/mol. The molecule has 1 fully saturated rings. The molecule has 3 aromatic heterocycles. The highest BCUT2D eigenvalue weighted by Crippen LogP contribution is 2.35. The first-order chi connectivity index (χ1) is 16.7. The molecule has 3 N–H and O–H groups in total. The molecule has 180 valence electrons. The molecular formula is C23H20BrClN6O3S. The number of fused-ring (bicyclic) bond motifs is 1. The van der Waals surface area contributed by atoms with Gasteiger partial charge >= 0.3 is 0 Å². The van der Waals surface area contributed by atoms with E-state index in [4.69, 9.17) is 17.3 Å². The zero-order chi connectivity index (χ0) is 24.7. The maximum atomic E-state index is 13.6. The number of pyridine rings is 1. The minimum absolute atomic E-state index is 0.0740. The predicted molar refractivity (Wildman–Crippen MR) is 137 cm³/mol. The lowest BCUT2D eigenvalue weighted by molar-refractivity contribution is 0.104. The lowest BCUT2D eigenvalue weighted by Gasteiger charge is -2.12. The molecule has 5 rings (SSSR count). The van der Waals surface area contributed by atoms with Crippen molar-refractivity contribution < 1.29 is 13.2 Å². The van der Waals surface area contributed by atoms with Crippen LogP contribution in [0.1, 0.15) is 47.6 Å². The van der Waals surface area contributed by atoms with Gasteiger partial charge in [0.25, 0.3) is 10.0 Å². The van der Waals surface area contributed by atoms with Crippen LogP contribution >= 0.6 is 27.5 Å². The van der Waals surface area contributed by atoms with E-state index in [0.717, 1.165) is 31.9 Å². The van der Waals surface area contributed by atoms with Gasteiger partial charge in [-0.25, -0.2) is 23.4 Å². The molecule has 1 aliphatic rings. The second-order valence-electron chi connectivity index (χ2n) is 8.30. The maximum absolute atomic E-state index is 13.6. The Bertz CT molecular complexity index is 1570. The summed E-state index contributed by atoms with van der Waals surface area (Å²) in [4.78, 5) is 25.9. The van der Waals surface area contributed by atoms with E-state index in [9.17, 15) is 13.2 Å². The van der Waals surface area contributed by atoms with Crippen molar-refractivity contribution in [2.75, 3.05) is 10.5 Å². The van der Waals surface area contributed by atoms with Crippen LogP contribution in [0.5, 0.6) is 0 Å². The molecule has 1 aliphatic carbocycles. The number of nitrogens with two attached hydrogens (primary N) is 1. The Hall–Kier alpha value is -3.02. The highest BCUT2D eigenvalue weighted by molar-refractivity contribution is 9.10. The number of hydrogen-bond donors (Lipinski definition) is 2. The maximum Gasteiger partial charge on any atom is 0.263 e. The number of hydrogen-bond acceptors (Lipinski definition) is 7. The number of carbonyl (C=O) groups is 1. The summed E-state index contributed by atoms with van der Waals surface area (Å²) in [5, 5.41) is 0.657. The van der Waals surface area contributed by atoms with Crippen LogP contribution < -0.4 is 10.5 Å². The van der Waals surface area contributed by atoms with Gasteiger partial charge in [0, 0.05) is 29.7 Å². The molecule has 12 heteroatoms. The fraction of sp³-hybridized carbons (Fsp3) is 0.217. The third-order valence-corrected chi connectivity index (χ3v) is 8.54. The Labute approximate surface area is 214 Å². The van der Waals surface area contributed by atoms with Gasteiger partial charge < -0.3 is 10.3 Å². The van der Waals surface area contributed by atoms with Gasteiger partial charge in [0.05, 0.1) is 15.4 Å². The van der Waals surface area contributed by atoms with Crippen LogP contribution in [-0.2, 0) is 10.0 Å². The van der Waals surface area contributed by atoms with Gasteiger partial charge in [-0.15, -0.1) is 0 Å². The highest BCUT2D eigenvalue weighted by atomic mass is 79.9. The summed E-state index contributed by atoms with van der Waals surface area (Å²) in [5.74, 6) is -0.0713. The van der Waals surface area contributed by atoms with Crippen LogP contribution in [0.2, 0.25) is 5.15 Å². The van der Waals surface area contributed by atoms with Crippen molar-refractivity contribution >= 4 is 65.9 Å². The standard InChI is InChI=1S/C23H20BrClN6O3S/c24-18-9-16(10-27-21(18)25)35(33,34)30-14-5-3-4-13(8-14)20(32)17-11-31(15-6-1-2-7-15)23-19(17)22(26)28-12-29-23/h3-5,8-12,15,30H,1-2,6-7H2,(H2,26,28,29). The van der Waals surface area contributed by atoms with E-state index in [0.29, 0.717) is 26.6 Å². The number of benzene rings is 1. The molecule has 0 amide bonds. The Morgan fingerprint density at radius 2 is 1.94 bits per heavy atom. The van der Waals surface area contributed by atoms with Crippen LogP contribution in [0.4, 0.5) is 11.5 Å². The van der Waals surface area contributed by atoms with Crippen molar-refractivity contribution in [3.8, 4) is 0 Å². The highest BCUT2D eigenvalue weighted by Gasteiger charge is 2.26. The first-order valence-electron chi connectivity index (χ1n) is 10.8. The number of anilines is 2. The average Bonchev–Trinajstić information content (AvgIpc) is 3.49. The van der Waals surface area contributed by atoms with E-state index in [1.54, 1.807) is 24.4 Å². The van der Waals surface area contributed by atoms with Crippen molar-refractivity contribution in [1.82, 2.24) is 19.5 Å². The summed E-state index contributed by atoms with van der Waals surface area (Å²) < 4.78 is 30.6. The van der Waals surface area contributed by atoms with Crippen molar-refractivity contribution in [3.63, 3.8) is 0 Å². The molecule has 0 radical (unpaired) electrons. The molecule has 9 nitrogen and oxygen atoms in total. The number of halogens is 2. The number of sulfonamides is 1. The lowest BCUT2D eigenvalue weighted by Crippen LogP contribution is -2.14. The molecule has 3 heterocycles. The van der Waals surface area contributed by atoms with Gasteiger partial charge in [0.1, 0.15) is 27.8 Å². The molecule has 0 aliphatic heterocycles. The fourth-order valence-electron chi connectivity index (χ4n) is 4.39. The van der Waals surface area contributed by atoms with Gasteiger partial charge in [-0.05, 0) is 47.0 Å². The molecule has 0 saturated heterocycles. The van der Waals surface area contributed by atoms with E-state index in [2.05, 4.69) is 35.6 Å². The fourth-order valence-corrected chi connectivity index (χ4v) is 6.01. The van der Waals surface area contributed by atoms with Crippen molar-refractivity contribution in [2.45, 2.75) is 36.6 Å². The summed E-state index contributed by atoms with van der Waals surface area (Å²) in [5.41, 5.74) is 7.70. The second-order valence-corrected chi connectivity index (χ2v) is 11.2. The summed E-state index contributed by atoms with van der Waals surface area (Å²) in [6.07, 6.45) is 8.61. The zero-order valence-electron chi connectivity index (χ0n) is 18.3. The van der Waals surface area contributed by atoms with E-state index in [1.807, 2.05) is 4.57 Å².